The molecule has 1 aliphatic rings. The number of methoxy groups -OCH3 is 1. The van der Waals surface area contributed by atoms with Crippen LogP contribution in [-0.4, -0.2) is 90.7 Å². The van der Waals surface area contributed by atoms with Crippen molar-refractivity contribution in [1.29, 1.82) is 0 Å². The predicted molar refractivity (Wildman–Crippen MR) is 113 cm³/mol. The number of phenols is 3. The number of hydrogen-bond donors (Lipinski definition) is 8. The summed E-state index contributed by atoms with van der Waals surface area (Å²) in [5.74, 6) is -2.57. The molecular weight excluding hydrogens is 456 g/mol. The smallest absolute Gasteiger partial charge is 0.335 e. The summed E-state index contributed by atoms with van der Waals surface area (Å²) in [4.78, 5) is 11.2. The minimum absolute atomic E-state index is 0.00502. The molecule has 12 heteroatoms. The van der Waals surface area contributed by atoms with Gasteiger partial charge < -0.3 is 55.1 Å². The molecule has 0 saturated carbocycles. The van der Waals surface area contributed by atoms with Crippen molar-refractivity contribution in [2.75, 3.05) is 7.11 Å². The Morgan fingerprint density at radius 2 is 1.62 bits per heavy atom. The number of carboxylic acids is 1. The number of aliphatic hydroxyl groups excluding tert-OH is 4. The Bertz CT molecular complexity index is 1000. The Kier molecular flexibility index (Phi) is 7.69. The van der Waals surface area contributed by atoms with E-state index >= 15 is 0 Å². The molecule has 8 N–H and O–H groups in total. The van der Waals surface area contributed by atoms with Gasteiger partial charge in [0.15, 0.2) is 17.6 Å². The lowest BCUT2D eigenvalue weighted by Gasteiger charge is -2.38. The van der Waals surface area contributed by atoms with Crippen molar-refractivity contribution in [3.8, 4) is 28.7 Å². The Balaban J connectivity index is 1.71. The highest BCUT2D eigenvalue weighted by atomic mass is 16.7. The number of phenolic OH excluding ortho intramolecular Hbond substituents is 3. The number of aromatic hydroxyl groups is 3. The van der Waals surface area contributed by atoms with Crippen molar-refractivity contribution in [3.05, 3.63) is 41.5 Å². The second kappa shape index (κ2) is 10.3. The van der Waals surface area contributed by atoms with E-state index in [0.29, 0.717) is 5.56 Å². The minimum Gasteiger partial charge on any atom is -0.507 e. The van der Waals surface area contributed by atoms with Crippen LogP contribution in [0, 0.1) is 0 Å². The standard InChI is InChI=1S/C22H26O12/c1-32-16-5-9(2-3-13(16)24)4-10(23)6-12-14(25)7-11(8-15(12)26)33-22-19(29)17(27)18(28)20(34-22)21(30)31/h2-3,5,7-8,10,17-20,22-29H,4,6H2,1H3,(H,30,31). The van der Waals surface area contributed by atoms with Crippen molar-refractivity contribution in [1.82, 2.24) is 0 Å². The molecular formula is C22H26O12. The van der Waals surface area contributed by atoms with Gasteiger partial charge in [0.05, 0.1) is 13.2 Å². The third-order valence-electron chi connectivity index (χ3n) is 5.40. The molecule has 1 fully saturated rings. The fourth-order valence-electron chi connectivity index (χ4n) is 3.61. The maximum absolute atomic E-state index is 11.2. The van der Waals surface area contributed by atoms with Gasteiger partial charge in [0.25, 0.3) is 0 Å². The Labute approximate surface area is 193 Å². The number of hydrogen-bond acceptors (Lipinski definition) is 11. The SMILES string of the molecule is COc1cc(CC(O)Cc2c(O)cc(OC3OC(C(=O)O)C(O)C(O)C3O)cc2O)ccc1O. The maximum atomic E-state index is 11.2. The van der Waals surface area contributed by atoms with Gasteiger partial charge in [-0.1, -0.05) is 6.07 Å². The number of benzene rings is 2. The van der Waals surface area contributed by atoms with Gasteiger partial charge in [0.1, 0.15) is 35.6 Å². The van der Waals surface area contributed by atoms with Crippen molar-refractivity contribution >= 4 is 5.97 Å². The summed E-state index contributed by atoms with van der Waals surface area (Å²) < 4.78 is 15.3. The average molecular weight is 482 g/mol. The fourth-order valence-corrected chi connectivity index (χ4v) is 3.61. The first-order valence-electron chi connectivity index (χ1n) is 10.2. The van der Waals surface area contributed by atoms with Crippen molar-refractivity contribution in [3.63, 3.8) is 0 Å². The zero-order chi connectivity index (χ0) is 25.2. The molecule has 0 bridgehead atoms. The van der Waals surface area contributed by atoms with Crippen LogP contribution >= 0.6 is 0 Å². The molecule has 6 unspecified atom stereocenters. The van der Waals surface area contributed by atoms with Crippen molar-refractivity contribution in [2.45, 2.75) is 49.7 Å². The second-order valence-corrected chi connectivity index (χ2v) is 7.86. The first-order valence-corrected chi connectivity index (χ1v) is 10.2. The van der Waals surface area contributed by atoms with Crippen LogP contribution in [-0.2, 0) is 22.4 Å². The lowest BCUT2D eigenvalue weighted by Crippen LogP contribution is -2.61. The van der Waals surface area contributed by atoms with Crippen LogP contribution in [0.2, 0.25) is 0 Å². The maximum Gasteiger partial charge on any atom is 0.335 e. The molecule has 1 heterocycles. The molecule has 1 saturated heterocycles. The number of carbonyl (C=O) groups is 1. The first-order chi connectivity index (χ1) is 16.0. The van der Waals surface area contributed by atoms with E-state index in [1.54, 1.807) is 12.1 Å². The summed E-state index contributed by atoms with van der Waals surface area (Å²) in [6.45, 7) is 0. The van der Waals surface area contributed by atoms with Crippen LogP contribution in [0.15, 0.2) is 30.3 Å². The highest BCUT2D eigenvalue weighted by molar-refractivity contribution is 5.73. The average Bonchev–Trinajstić information content (AvgIpc) is 2.77. The summed E-state index contributed by atoms with van der Waals surface area (Å²) in [5.41, 5.74) is 0.632. The number of rotatable bonds is 8. The normalized spacial score (nSPS) is 25.5. The zero-order valence-corrected chi connectivity index (χ0v) is 18.0. The predicted octanol–water partition coefficient (Wildman–Crippen LogP) is -0.771. The summed E-state index contributed by atoms with van der Waals surface area (Å²) >= 11 is 0. The third kappa shape index (κ3) is 5.43. The van der Waals surface area contributed by atoms with E-state index in [1.807, 2.05) is 0 Å². The van der Waals surface area contributed by atoms with Gasteiger partial charge in [0, 0.05) is 24.1 Å². The largest absolute Gasteiger partial charge is 0.507 e. The molecule has 0 spiro atoms. The van der Waals surface area contributed by atoms with Gasteiger partial charge in [0.2, 0.25) is 6.29 Å². The molecule has 0 amide bonds. The third-order valence-corrected chi connectivity index (χ3v) is 5.40. The molecule has 2 aromatic rings. The van der Waals surface area contributed by atoms with Gasteiger partial charge in [-0.15, -0.1) is 0 Å². The van der Waals surface area contributed by atoms with Crippen LogP contribution in [0.3, 0.4) is 0 Å². The first kappa shape index (κ1) is 25.3. The number of carboxylic acid groups (broad SMARTS) is 1. The highest BCUT2D eigenvalue weighted by Gasteiger charge is 2.48. The fraction of sp³-hybridized carbons (Fsp3) is 0.409. The van der Waals surface area contributed by atoms with E-state index < -0.39 is 54.3 Å². The molecule has 0 aromatic heterocycles. The lowest BCUT2D eigenvalue weighted by atomic mass is 9.98. The van der Waals surface area contributed by atoms with Crippen LogP contribution in [0.4, 0.5) is 0 Å². The molecule has 186 valence electrons. The molecule has 0 radical (unpaired) electrons. The van der Waals surface area contributed by atoms with Crippen molar-refractivity contribution in [2.24, 2.45) is 0 Å². The second-order valence-electron chi connectivity index (χ2n) is 7.86. The Morgan fingerprint density at radius 3 is 2.21 bits per heavy atom. The van der Waals surface area contributed by atoms with Gasteiger partial charge in [-0.3, -0.25) is 0 Å². The van der Waals surface area contributed by atoms with Gasteiger partial charge >= 0.3 is 5.97 Å². The topological polar surface area (TPSA) is 207 Å². The summed E-state index contributed by atoms with van der Waals surface area (Å²) in [6.07, 6.45) is -10.3. The van der Waals surface area contributed by atoms with E-state index in [2.05, 4.69) is 0 Å². The molecule has 34 heavy (non-hydrogen) atoms. The minimum atomic E-state index is -1.90. The van der Waals surface area contributed by atoms with Crippen LogP contribution in [0.5, 0.6) is 28.7 Å². The summed E-state index contributed by atoms with van der Waals surface area (Å²) in [6, 6.07) is 6.64. The molecule has 2 aromatic carbocycles. The quantitative estimate of drug-likeness (QED) is 0.233. The van der Waals surface area contributed by atoms with Gasteiger partial charge in [-0.05, 0) is 24.1 Å². The molecule has 0 aliphatic carbocycles. The van der Waals surface area contributed by atoms with Crippen molar-refractivity contribution < 1.29 is 59.9 Å². The van der Waals surface area contributed by atoms with E-state index in [1.165, 1.54) is 13.2 Å². The van der Waals surface area contributed by atoms with Crippen LogP contribution < -0.4 is 9.47 Å². The van der Waals surface area contributed by atoms with E-state index in [9.17, 15) is 40.5 Å². The van der Waals surface area contributed by atoms with Crippen LogP contribution in [0.25, 0.3) is 0 Å². The number of aliphatic hydroxyl groups is 4. The number of aliphatic carboxylic acids is 1. The summed E-state index contributed by atoms with van der Waals surface area (Å²) in [5, 5.41) is 79.5. The number of ether oxygens (including phenoxy) is 3. The lowest BCUT2D eigenvalue weighted by molar-refractivity contribution is -0.271. The van der Waals surface area contributed by atoms with Gasteiger partial charge in [-0.25, -0.2) is 4.79 Å². The molecule has 6 atom stereocenters. The van der Waals surface area contributed by atoms with Crippen LogP contribution in [0.1, 0.15) is 11.1 Å². The highest BCUT2D eigenvalue weighted by Crippen LogP contribution is 2.36. The molecule has 12 nitrogen and oxygen atoms in total. The monoisotopic (exact) mass is 482 g/mol. The molecule has 3 rings (SSSR count). The Morgan fingerprint density at radius 1 is 0.971 bits per heavy atom. The van der Waals surface area contributed by atoms with E-state index in [-0.39, 0.29) is 35.7 Å². The van der Waals surface area contributed by atoms with E-state index in [4.69, 9.17) is 19.3 Å². The Hall–Kier alpha value is -3.29. The van der Waals surface area contributed by atoms with Gasteiger partial charge in [-0.2, -0.15) is 0 Å². The molecule has 1 aliphatic heterocycles. The summed E-state index contributed by atoms with van der Waals surface area (Å²) in [7, 11) is 1.39. The zero-order valence-electron chi connectivity index (χ0n) is 18.0. The van der Waals surface area contributed by atoms with E-state index in [0.717, 1.165) is 12.1 Å².